The average molecular weight is 392 g/mol. The van der Waals surface area contributed by atoms with E-state index in [4.69, 9.17) is 10.00 Å². The Morgan fingerprint density at radius 3 is 2.79 bits per heavy atom. The molecule has 3 heterocycles. The molecule has 1 aromatic carbocycles. The third-order valence-electron chi connectivity index (χ3n) is 5.31. The molecule has 1 aromatic heterocycles. The normalized spacial score (nSPS) is 24.1. The van der Waals surface area contributed by atoms with Gasteiger partial charge in [0.15, 0.2) is 0 Å². The van der Waals surface area contributed by atoms with E-state index < -0.39 is 6.04 Å². The first-order valence-corrected chi connectivity index (χ1v) is 10.1. The second-order valence-electron chi connectivity index (χ2n) is 7.21. The van der Waals surface area contributed by atoms with Crippen LogP contribution in [-0.2, 0) is 16.0 Å². The largest absolute Gasteiger partial charge is 0.379 e. The molecule has 1 amide bonds. The Bertz CT molecular complexity index is 929. The van der Waals surface area contributed by atoms with Gasteiger partial charge < -0.3 is 15.4 Å². The predicted octanol–water partition coefficient (Wildman–Crippen LogP) is 2.21. The highest BCUT2D eigenvalue weighted by atomic mass is 32.1. The molecular formula is C21H20N4O2S. The molecule has 2 aliphatic heterocycles. The molecule has 0 aliphatic carbocycles. The summed E-state index contributed by atoms with van der Waals surface area (Å²) in [5.41, 5.74) is 1.67. The lowest BCUT2D eigenvalue weighted by Crippen LogP contribution is -2.47. The number of carbonyl (C=O) groups is 1. The number of nitrogens with one attached hydrogen (secondary N) is 2. The lowest BCUT2D eigenvalue weighted by atomic mass is 10.0. The molecule has 0 spiro atoms. The molecule has 6 nitrogen and oxygen atoms in total. The Kier molecular flexibility index (Phi) is 5.40. The molecule has 2 aliphatic rings. The number of hydrogen-bond acceptors (Lipinski definition) is 6. The van der Waals surface area contributed by atoms with Gasteiger partial charge in [0.1, 0.15) is 6.04 Å². The zero-order valence-corrected chi connectivity index (χ0v) is 16.0. The van der Waals surface area contributed by atoms with Crippen molar-refractivity contribution in [2.24, 2.45) is 5.92 Å². The number of fused-ring (bicyclic) bond motifs is 1. The molecule has 0 saturated carbocycles. The lowest BCUT2D eigenvalue weighted by Gasteiger charge is -2.16. The summed E-state index contributed by atoms with van der Waals surface area (Å²) in [4.78, 5) is 14.6. The number of thiophene rings is 1. The van der Waals surface area contributed by atoms with Gasteiger partial charge >= 0.3 is 0 Å². The molecule has 142 valence electrons. The first-order chi connectivity index (χ1) is 13.7. The van der Waals surface area contributed by atoms with E-state index >= 15 is 0 Å². The summed E-state index contributed by atoms with van der Waals surface area (Å²) in [6, 6.07) is 15.2. The number of nitriles is 2. The van der Waals surface area contributed by atoms with E-state index in [1.165, 1.54) is 0 Å². The van der Waals surface area contributed by atoms with Crippen LogP contribution in [0.3, 0.4) is 0 Å². The number of ether oxygens (including phenoxy) is 1. The zero-order chi connectivity index (χ0) is 19.5. The van der Waals surface area contributed by atoms with Crippen molar-refractivity contribution in [2.45, 2.75) is 31.0 Å². The van der Waals surface area contributed by atoms with E-state index in [1.54, 1.807) is 23.5 Å². The van der Waals surface area contributed by atoms with Gasteiger partial charge in [-0.1, -0.05) is 12.1 Å². The van der Waals surface area contributed by atoms with Crippen LogP contribution in [0.25, 0.3) is 10.4 Å². The lowest BCUT2D eigenvalue weighted by molar-refractivity contribution is -0.123. The Balaban J connectivity index is 1.36. The molecule has 28 heavy (non-hydrogen) atoms. The van der Waals surface area contributed by atoms with Gasteiger partial charge in [-0.2, -0.15) is 10.5 Å². The number of carbonyl (C=O) groups excluding carboxylic acids is 1. The minimum absolute atomic E-state index is 0.107. The molecule has 4 rings (SSSR count). The van der Waals surface area contributed by atoms with E-state index in [2.05, 4.69) is 22.8 Å². The smallest absolute Gasteiger partial charge is 0.238 e. The van der Waals surface area contributed by atoms with Crippen LogP contribution in [0, 0.1) is 28.6 Å². The fourth-order valence-corrected chi connectivity index (χ4v) is 4.84. The summed E-state index contributed by atoms with van der Waals surface area (Å²) in [7, 11) is 0. The standard InChI is InChI=1S/C21H20N4O2S/c22-9-13-1-3-14(4-2-13)20-6-5-17(28-20)8-16(10-23)24-21(26)18-7-15-11-27-12-19(15)25-18/h1-6,15-16,18-19,25H,7-8,11-12H2,(H,24,26)/t15-,16+,18?,19+/m1/s1. The van der Waals surface area contributed by atoms with Crippen molar-refractivity contribution >= 4 is 17.2 Å². The first kappa shape index (κ1) is 18.6. The molecular weight excluding hydrogens is 372 g/mol. The van der Waals surface area contributed by atoms with Gasteiger partial charge in [0.25, 0.3) is 0 Å². The Morgan fingerprint density at radius 1 is 1.25 bits per heavy atom. The van der Waals surface area contributed by atoms with Crippen LogP contribution in [-0.4, -0.2) is 37.2 Å². The van der Waals surface area contributed by atoms with E-state index in [0.717, 1.165) is 21.7 Å². The Morgan fingerprint density at radius 2 is 2.07 bits per heavy atom. The van der Waals surface area contributed by atoms with E-state index in [-0.39, 0.29) is 18.0 Å². The second kappa shape index (κ2) is 8.12. The van der Waals surface area contributed by atoms with Crippen LogP contribution in [0.1, 0.15) is 16.9 Å². The molecule has 2 aromatic rings. The molecule has 2 fully saturated rings. The third kappa shape index (κ3) is 3.93. The Labute approximate surface area is 167 Å². The number of hydrogen-bond donors (Lipinski definition) is 2. The van der Waals surface area contributed by atoms with Crippen molar-refractivity contribution in [3.05, 3.63) is 46.8 Å². The van der Waals surface area contributed by atoms with Crippen molar-refractivity contribution in [3.63, 3.8) is 0 Å². The second-order valence-corrected chi connectivity index (χ2v) is 8.38. The van der Waals surface area contributed by atoms with Gasteiger partial charge in [-0.25, -0.2) is 0 Å². The summed E-state index contributed by atoms with van der Waals surface area (Å²) in [6.45, 7) is 1.36. The monoisotopic (exact) mass is 392 g/mol. The number of amides is 1. The van der Waals surface area contributed by atoms with Gasteiger partial charge in [0.2, 0.25) is 5.91 Å². The minimum atomic E-state index is -0.557. The van der Waals surface area contributed by atoms with Gasteiger partial charge in [-0.3, -0.25) is 4.79 Å². The molecule has 2 N–H and O–H groups in total. The summed E-state index contributed by atoms with van der Waals surface area (Å²) in [5.74, 6) is 0.286. The predicted molar refractivity (Wildman–Crippen MR) is 105 cm³/mol. The maximum Gasteiger partial charge on any atom is 0.238 e. The fourth-order valence-electron chi connectivity index (χ4n) is 3.78. The van der Waals surface area contributed by atoms with Crippen molar-refractivity contribution in [1.82, 2.24) is 10.6 Å². The molecule has 1 unspecified atom stereocenters. The van der Waals surface area contributed by atoms with Crippen LogP contribution in [0.15, 0.2) is 36.4 Å². The number of nitrogens with zero attached hydrogens (tertiary/aromatic N) is 2. The Hall–Kier alpha value is -2.71. The van der Waals surface area contributed by atoms with Crippen molar-refractivity contribution in [3.8, 4) is 22.6 Å². The van der Waals surface area contributed by atoms with Gasteiger partial charge in [-0.15, -0.1) is 11.3 Å². The third-order valence-corrected chi connectivity index (χ3v) is 6.46. The summed E-state index contributed by atoms with van der Waals surface area (Å²) in [6.07, 6.45) is 1.24. The minimum Gasteiger partial charge on any atom is -0.379 e. The van der Waals surface area contributed by atoms with Crippen molar-refractivity contribution in [1.29, 1.82) is 10.5 Å². The number of benzene rings is 1. The molecule has 0 radical (unpaired) electrons. The first-order valence-electron chi connectivity index (χ1n) is 9.29. The van der Waals surface area contributed by atoms with Gasteiger partial charge in [0, 0.05) is 28.1 Å². The summed E-state index contributed by atoms with van der Waals surface area (Å²) < 4.78 is 5.41. The average Bonchev–Trinajstić information content (AvgIpc) is 3.43. The SMILES string of the molecule is N#Cc1ccc(-c2ccc(C[C@@H](C#N)NC(=O)C3C[C@@H]4COC[C@@H]4N3)s2)cc1. The van der Waals surface area contributed by atoms with E-state index in [0.29, 0.717) is 31.1 Å². The van der Waals surface area contributed by atoms with E-state index in [1.807, 2.05) is 24.3 Å². The van der Waals surface area contributed by atoms with Gasteiger partial charge in [-0.05, 0) is 36.2 Å². The summed E-state index contributed by atoms with van der Waals surface area (Å²) in [5, 5.41) is 24.6. The highest BCUT2D eigenvalue weighted by Gasteiger charge is 2.40. The summed E-state index contributed by atoms with van der Waals surface area (Å²) >= 11 is 1.60. The van der Waals surface area contributed by atoms with Crippen LogP contribution >= 0.6 is 11.3 Å². The van der Waals surface area contributed by atoms with Crippen LogP contribution in [0.5, 0.6) is 0 Å². The van der Waals surface area contributed by atoms with Crippen LogP contribution < -0.4 is 10.6 Å². The fraction of sp³-hybridized carbons (Fsp3) is 0.381. The van der Waals surface area contributed by atoms with Crippen LogP contribution in [0.2, 0.25) is 0 Å². The van der Waals surface area contributed by atoms with Crippen molar-refractivity contribution in [2.75, 3.05) is 13.2 Å². The van der Waals surface area contributed by atoms with Crippen LogP contribution in [0.4, 0.5) is 0 Å². The van der Waals surface area contributed by atoms with E-state index in [9.17, 15) is 10.1 Å². The quantitative estimate of drug-likeness (QED) is 0.813. The number of rotatable bonds is 5. The maximum absolute atomic E-state index is 12.5. The molecule has 2 saturated heterocycles. The highest BCUT2D eigenvalue weighted by Crippen LogP contribution is 2.29. The highest BCUT2D eigenvalue weighted by molar-refractivity contribution is 7.15. The topological polar surface area (TPSA) is 97.9 Å². The zero-order valence-electron chi connectivity index (χ0n) is 15.2. The maximum atomic E-state index is 12.5. The van der Waals surface area contributed by atoms with Gasteiger partial charge in [0.05, 0.1) is 37.0 Å². The molecule has 7 heteroatoms. The molecule has 4 atom stereocenters. The van der Waals surface area contributed by atoms with Crippen molar-refractivity contribution < 1.29 is 9.53 Å². The molecule has 0 bridgehead atoms.